The van der Waals surface area contributed by atoms with Gasteiger partial charge < -0.3 is 4.57 Å². The molecule has 0 N–H and O–H groups in total. The van der Waals surface area contributed by atoms with Crippen LogP contribution in [0.4, 0.5) is 0 Å². The Morgan fingerprint density at radius 2 is 1.80 bits per heavy atom. The number of aromatic nitrogens is 3. The minimum atomic E-state index is 1.02. The molecule has 2 rings (SSSR count). The molecule has 0 aliphatic rings. The van der Waals surface area contributed by atoms with Gasteiger partial charge in [0.25, 0.3) is 0 Å². The summed E-state index contributed by atoms with van der Waals surface area (Å²) in [5.41, 5.74) is 3.72. The summed E-state index contributed by atoms with van der Waals surface area (Å²) in [7, 11) is 2.00. The fourth-order valence-electron chi connectivity index (χ4n) is 1.96. The molecule has 0 saturated heterocycles. The number of hydrogen-bond acceptors (Lipinski definition) is 1. The second-order valence-corrected chi connectivity index (χ2v) is 3.92. The molecule has 0 atom stereocenters. The highest BCUT2D eigenvalue weighted by Crippen LogP contribution is 2.16. The minimum absolute atomic E-state index is 1.02. The van der Waals surface area contributed by atoms with Gasteiger partial charge in [-0.2, -0.15) is 5.10 Å². The van der Waals surface area contributed by atoms with Crippen LogP contribution in [-0.2, 0) is 13.5 Å². The molecule has 3 nitrogen and oxygen atoms in total. The topological polar surface area (TPSA) is 22.8 Å². The van der Waals surface area contributed by atoms with Crippen LogP contribution in [0.15, 0.2) is 18.2 Å². The van der Waals surface area contributed by atoms with Crippen LogP contribution in [0.1, 0.15) is 24.0 Å². The van der Waals surface area contributed by atoms with Gasteiger partial charge in [-0.1, -0.05) is 6.92 Å². The van der Waals surface area contributed by atoms with Crippen molar-refractivity contribution < 1.29 is 0 Å². The van der Waals surface area contributed by atoms with E-state index in [1.165, 1.54) is 17.1 Å². The van der Waals surface area contributed by atoms with Gasteiger partial charge in [0.1, 0.15) is 0 Å². The van der Waals surface area contributed by atoms with Crippen LogP contribution in [0.2, 0.25) is 0 Å². The first-order valence-corrected chi connectivity index (χ1v) is 5.31. The summed E-state index contributed by atoms with van der Waals surface area (Å²) >= 11 is 0. The van der Waals surface area contributed by atoms with Crippen molar-refractivity contribution in [2.45, 2.75) is 27.2 Å². The van der Waals surface area contributed by atoms with Crippen molar-refractivity contribution in [3.05, 3.63) is 35.3 Å². The number of hydrogen-bond donors (Lipinski definition) is 0. The van der Waals surface area contributed by atoms with Crippen LogP contribution in [0, 0.1) is 13.8 Å². The average molecular weight is 203 g/mol. The van der Waals surface area contributed by atoms with Crippen LogP contribution in [0.5, 0.6) is 0 Å². The Morgan fingerprint density at radius 1 is 1.20 bits per heavy atom. The summed E-state index contributed by atoms with van der Waals surface area (Å²) < 4.78 is 4.13. The van der Waals surface area contributed by atoms with E-state index >= 15 is 0 Å². The fraction of sp³-hybridized carbons (Fsp3) is 0.417. The third-order valence-corrected chi connectivity index (χ3v) is 2.83. The standard InChI is InChI=1S/C12H17N3/c1-5-11-8-12(13-14(11)4)15-9(2)6-7-10(15)3/h6-8H,5H2,1-4H3. The van der Waals surface area contributed by atoms with E-state index in [4.69, 9.17) is 0 Å². The summed E-state index contributed by atoms with van der Waals surface area (Å²) in [5, 5.41) is 4.53. The van der Waals surface area contributed by atoms with Crippen LogP contribution in [0.25, 0.3) is 5.82 Å². The average Bonchev–Trinajstić information content (AvgIpc) is 2.70. The van der Waals surface area contributed by atoms with Gasteiger partial charge in [-0.3, -0.25) is 4.68 Å². The Hall–Kier alpha value is -1.51. The zero-order valence-electron chi connectivity index (χ0n) is 9.78. The van der Waals surface area contributed by atoms with Crippen molar-refractivity contribution in [3.8, 4) is 5.82 Å². The van der Waals surface area contributed by atoms with Crippen molar-refractivity contribution in [2.75, 3.05) is 0 Å². The summed E-state index contributed by atoms with van der Waals surface area (Å²) in [4.78, 5) is 0. The maximum Gasteiger partial charge on any atom is 0.159 e. The van der Waals surface area contributed by atoms with Crippen molar-refractivity contribution in [1.82, 2.24) is 14.3 Å². The second-order valence-electron chi connectivity index (χ2n) is 3.92. The largest absolute Gasteiger partial charge is 0.302 e. The van der Waals surface area contributed by atoms with Crippen LogP contribution >= 0.6 is 0 Å². The summed E-state index contributed by atoms with van der Waals surface area (Å²) in [6.07, 6.45) is 1.02. The highest BCUT2D eigenvalue weighted by molar-refractivity contribution is 5.32. The normalized spacial score (nSPS) is 10.9. The Balaban J connectivity index is 2.54. The SMILES string of the molecule is CCc1cc(-n2c(C)ccc2C)nn1C. The quantitative estimate of drug-likeness (QED) is 0.735. The van der Waals surface area contributed by atoms with E-state index in [2.05, 4.69) is 48.6 Å². The van der Waals surface area contributed by atoms with Gasteiger partial charge in [-0.05, 0) is 32.4 Å². The van der Waals surface area contributed by atoms with E-state index < -0.39 is 0 Å². The second kappa shape index (κ2) is 3.57. The van der Waals surface area contributed by atoms with Gasteiger partial charge in [0, 0.05) is 30.2 Å². The lowest BCUT2D eigenvalue weighted by molar-refractivity contribution is 0.705. The number of aryl methyl sites for hydroxylation is 4. The third-order valence-electron chi connectivity index (χ3n) is 2.83. The maximum absolute atomic E-state index is 4.53. The molecule has 0 unspecified atom stereocenters. The van der Waals surface area contributed by atoms with Crippen LogP contribution < -0.4 is 0 Å². The molecule has 2 heterocycles. The molecule has 0 spiro atoms. The van der Waals surface area contributed by atoms with E-state index in [1.807, 2.05) is 11.7 Å². The molecule has 2 aromatic rings. The van der Waals surface area contributed by atoms with Gasteiger partial charge in [0.15, 0.2) is 5.82 Å². The molecule has 0 radical (unpaired) electrons. The molecule has 0 amide bonds. The highest BCUT2D eigenvalue weighted by Gasteiger charge is 2.08. The molecule has 0 saturated carbocycles. The first kappa shape index (κ1) is 10.0. The molecule has 80 valence electrons. The van der Waals surface area contributed by atoms with Gasteiger partial charge in [-0.15, -0.1) is 0 Å². The molecule has 2 aromatic heterocycles. The number of rotatable bonds is 2. The molecule has 0 bridgehead atoms. The lowest BCUT2D eigenvalue weighted by Crippen LogP contribution is -2.01. The smallest absolute Gasteiger partial charge is 0.159 e. The zero-order valence-corrected chi connectivity index (χ0v) is 9.78. The lowest BCUT2D eigenvalue weighted by Gasteiger charge is -2.03. The molecule has 0 fully saturated rings. The number of nitrogens with zero attached hydrogens (tertiary/aromatic N) is 3. The Bertz CT molecular complexity index is 458. The van der Waals surface area contributed by atoms with Crippen molar-refractivity contribution >= 4 is 0 Å². The third kappa shape index (κ3) is 1.58. The maximum atomic E-state index is 4.53. The Labute approximate surface area is 90.3 Å². The van der Waals surface area contributed by atoms with Gasteiger partial charge in [0.2, 0.25) is 0 Å². The van der Waals surface area contributed by atoms with Crippen molar-refractivity contribution in [1.29, 1.82) is 0 Å². The first-order valence-electron chi connectivity index (χ1n) is 5.31. The Morgan fingerprint density at radius 3 is 2.27 bits per heavy atom. The fourth-order valence-corrected chi connectivity index (χ4v) is 1.96. The summed E-state index contributed by atoms with van der Waals surface area (Å²) in [6, 6.07) is 6.39. The van der Waals surface area contributed by atoms with Crippen LogP contribution in [0.3, 0.4) is 0 Å². The van der Waals surface area contributed by atoms with Crippen molar-refractivity contribution in [2.24, 2.45) is 7.05 Å². The predicted octanol–water partition coefficient (Wildman–Crippen LogP) is 2.39. The van der Waals surface area contributed by atoms with E-state index in [1.54, 1.807) is 0 Å². The highest BCUT2D eigenvalue weighted by atomic mass is 15.3. The first-order chi connectivity index (χ1) is 7.13. The van der Waals surface area contributed by atoms with E-state index in [-0.39, 0.29) is 0 Å². The molecular formula is C12H17N3. The molecule has 0 aliphatic heterocycles. The van der Waals surface area contributed by atoms with Gasteiger partial charge in [-0.25, -0.2) is 0 Å². The lowest BCUT2D eigenvalue weighted by atomic mass is 10.3. The van der Waals surface area contributed by atoms with Gasteiger partial charge >= 0.3 is 0 Å². The minimum Gasteiger partial charge on any atom is -0.302 e. The molecule has 0 aliphatic carbocycles. The van der Waals surface area contributed by atoms with E-state index in [9.17, 15) is 0 Å². The van der Waals surface area contributed by atoms with E-state index in [0.29, 0.717) is 0 Å². The molecule has 3 heteroatoms. The monoisotopic (exact) mass is 203 g/mol. The van der Waals surface area contributed by atoms with Crippen LogP contribution in [-0.4, -0.2) is 14.3 Å². The summed E-state index contributed by atoms with van der Waals surface area (Å²) in [6.45, 7) is 6.36. The van der Waals surface area contributed by atoms with Gasteiger partial charge in [0.05, 0.1) is 0 Å². The summed E-state index contributed by atoms with van der Waals surface area (Å²) in [5.74, 6) is 1.02. The van der Waals surface area contributed by atoms with Crippen molar-refractivity contribution in [3.63, 3.8) is 0 Å². The Kier molecular flexibility index (Phi) is 2.39. The molecule has 0 aromatic carbocycles. The molecule has 15 heavy (non-hydrogen) atoms. The molecular weight excluding hydrogens is 186 g/mol. The van der Waals surface area contributed by atoms with E-state index in [0.717, 1.165) is 12.2 Å². The predicted molar refractivity (Wildman–Crippen MR) is 61.4 cm³/mol. The zero-order chi connectivity index (χ0) is 11.0.